The molecule has 0 saturated heterocycles. The molecule has 1 aliphatic carbocycles. The van der Waals surface area contributed by atoms with Crippen LogP contribution in [0.4, 0.5) is 0 Å². The van der Waals surface area contributed by atoms with Crippen molar-refractivity contribution in [2.24, 2.45) is 0 Å². The molecule has 0 aliphatic heterocycles. The molecule has 0 spiro atoms. The Morgan fingerprint density at radius 2 is 2.10 bits per heavy atom. The van der Waals surface area contributed by atoms with Crippen LogP contribution >= 0.6 is 34.7 Å². The van der Waals surface area contributed by atoms with Gasteiger partial charge in [-0.3, -0.25) is 4.79 Å². The number of nitrogens with one attached hydrogen (secondary N) is 1. The topological polar surface area (TPSA) is 76.5 Å². The lowest BCUT2D eigenvalue weighted by Crippen LogP contribution is -2.11. The fraction of sp³-hybridized carbons (Fsp3) is 0.300. The van der Waals surface area contributed by atoms with Crippen LogP contribution < -0.4 is 5.56 Å². The summed E-state index contributed by atoms with van der Waals surface area (Å²) in [6.45, 7) is 2.95. The molecule has 29 heavy (non-hydrogen) atoms. The zero-order valence-electron chi connectivity index (χ0n) is 15.7. The van der Waals surface area contributed by atoms with E-state index in [4.69, 9.17) is 11.6 Å². The Labute approximate surface area is 180 Å². The summed E-state index contributed by atoms with van der Waals surface area (Å²) in [7, 11) is 0. The maximum absolute atomic E-state index is 12.8. The van der Waals surface area contributed by atoms with Gasteiger partial charge in [-0.15, -0.1) is 21.5 Å². The first kappa shape index (κ1) is 18.8. The largest absolute Gasteiger partial charge is 0.309 e. The molecule has 0 radical (unpaired) electrons. The van der Waals surface area contributed by atoms with E-state index < -0.39 is 0 Å². The van der Waals surface area contributed by atoms with E-state index >= 15 is 0 Å². The summed E-state index contributed by atoms with van der Waals surface area (Å²) in [5, 5.41) is 12.7. The molecule has 0 amide bonds. The highest BCUT2D eigenvalue weighted by Crippen LogP contribution is 2.40. The van der Waals surface area contributed by atoms with Crippen molar-refractivity contribution in [1.29, 1.82) is 0 Å². The van der Waals surface area contributed by atoms with Gasteiger partial charge in [0.1, 0.15) is 16.5 Å². The minimum atomic E-state index is -0.141. The summed E-state index contributed by atoms with van der Waals surface area (Å²) in [6, 6.07) is 7.54. The molecule has 1 fully saturated rings. The Bertz CT molecular complexity index is 1260. The molecular formula is C20H18ClN5OS2. The maximum atomic E-state index is 12.8. The molecule has 148 valence electrons. The van der Waals surface area contributed by atoms with E-state index in [1.165, 1.54) is 24.2 Å². The van der Waals surface area contributed by atoms with Gasteiger partial charge in [-0.2, -0.15) is 0 Å². The van der Waals surface area contributed by atoms with E-state index in [0.717, 1.165) is 33.5 Å². The van der Waals surface area contributed by atoms with Crippen molar-refractivity contribution in [3.8, 4) is 11.1 Å². The smallest absolute Gasteiger partial charge is 0.260 e. The van der Waals surface area contributed by atoms with E-state index in [1.807, 2.05) is 29.6 Å². The zero-order chi connectivity index (χ0) is 20.0. The number of hydrogen-bond donors (Lipinski definition) is 1. The second-order valence-electron chi connectivity index (χ2n) is 6.97. The number of fused-ring (bicyclic) bond motifs is 1. The normalized spacial score (nSPS) is 14.0. The minimum absolute atomic E-state index is 0.141. The monoisotopic (exact) mass is 443 g/mol. The summed E-state index contributed by atoms with van der Waals surface area (Å²) in [5.41, 5.74) is 1.53. The molecular weight excluding hydrogens is 426 g/mol. The number of thioether (sulfide) groups is 1. The highest BCUT2D eigenvalue weighted by molar-refractivity contribution is 7.98. The number of thiophene rings is 1. The number of hydrogen-bond acceptors (Lipinski definition) is 6. The van der Waals surface area contributed by atoms with E-state index in [0.29, 0.717) is 27.9 Å². The Hall–Kier alpha value is -2.16. The number of rotatable bonds is 6. The summed E-state index contributed by atoms with van der Waals surface area (Å²) >= 11 is 9.34. The Balaban J connectivity index is 1.44. The van der Waals surface area contributed by atoms with Crippen molar-refractivity contribution in [2.75, 3.05) is 0 Å². The molecule has 0 unspecified atom stereocenters. The molecule has 0 atom stereocenters. The second-order valence-corrected chi connectivity index (χ2v) is 9.18. The van der Waals surface area contributed by atoms with Gasteiger partial charge < -0.3 is 9.55 Å². The number of halogens is 1. The molecule has 6 nitrogen and oxygen atoms in total. The fourth-order valence-electron chi connectivity index (χ4n) is 3.42. The summed E-state index contributed by atoms with van der Waals surface area (Å²) in [5.74, 6) is 2.81. The molecule has 0 bridgehead atoms. The summed E-state index contributed by atoms with van der Waals surface area (Å²) < 4.78 is 2.17. The van der Waals surface area contributed by atoms with E-state index in [1.54, 1.807) is 11.8 Å². The Morgan fingerprint density at radius 3 is 2.86 bits per heavy atom. The van der Waals surface area contributed by atoms with Crippen LogP contribution in [0.1, 0.15) is 37.3 Å². The number of H-pyrrole nitrogens is 1. The van der Waals surface area contributed by atoms with Gasteiger partial charge in [0, 0.05) is 34.0 Å². The molecule has 1 N–H and O–H groups in total. The lowest BCUT2D eigenvalue weighted by atomic mass is 10.1. The predicted molar refractivity (Wildman–Crippen MR) is 118 cm³/mol. The second kappa shape index (κ2) is 7.59. The lowest BCUT2D eigenvalue weighted by Gasteiger charge is -2.06. The molecule has 5 rings (SSSR count). The van der Waals surface area contributed by atoms with Crippen LogP contribution in [0.15, 0.2) is 39.6 Å². The van der Waals surface area contributed by atoms with Gasteiger partial charge in [0.25, 0.3) is 5.56 Å². The fourth-order valence-corrected chi connectivity index (χ4v) is 5.49. The standard InChI is InChI=1S/C20H18ClN5OS2/c1-2-26-17(11-7-8-11)24-25-20(26)29-10-15-22-18(27)16-13(9-28-19(16)23-15)12-5-3-4-6-14(12)21/h3-6,9,11H,2,7-8,10H2,1H3,(H,22,23,27). The molecule has 1 aromatic carbocycles. The van der Waals surface area contributed by atoms with Gasteiger partial charge in [0.2, 0.25) is 0 Å². The summed E-state index contributed by atoms with van der Waals surface area (Å²) in [6.07, 6.45) is 2.39. The molecule has 1 saturated carbocycles. The average Bonchev–Trinajstić information content (AvgIpc) is 3.34. The van der Waals surface area contributed by atoms with Crippen LogP contribution in [0.25, 0.3) is 21.3 Å². The van der Waals surface area contributed by atoms with Gasteiger partial charge in [0.05, 0.1) is 11.1 Å². The Kier molecular flexibility index (Phi) is 4.93. The number of aromatic amines is 1. The SMILES string of the molecule is CCn1c(SCc2nc3scc(-c4ccccc4Cl)c3c(=O)[nH]2)nnc1C1CC1. The van der Waals surface area contributed by atoms with E-state index in [-0.39, 0.29) is 5.56 Å². The molecule has 1 aliphatic rings. The molecule has 9 heteroatoms. The van der Waals surface area contributed by atoms with Gasteiger partial charge in [0.15, 0.2) is 5.16 Å². The van der Waals surface area contributed by atoms with Crippen LogP contribution in [0, 0.1) is 0 Å². The molecule has 3 aromatic heterocycles. The number of aromatic nitrogens is 5. The van der Waals surface area contributed by atoms with E-state index in [9.17, 15) is 4.79 Å². The van der Waals surface area contributed by atoms with Crippen LogP contribution in [0.3, 0.4) is 0 Å². The highest BCUT2D eigenvalue weighted by Gasteiger charge is 2.30. The van der Waals surface area contributed by atoms with Gasteiger partial charge in [-0.25, -0.2) is 4.98 Å². The van der Waals surface area contributed by atoms with Crippen molar-refractivity contribution in [3.05, 3.63) is 56.7 Å². The first-order valence-corrected chi connectivity index (χ1v) is 11.7. The quantitative estimate of drug-likeness (QED) is 0.420. The highest BCUT2D eigenvalue weighted by atomic mass is 35.5. The lowest BCUT2D eigenvalue weighted by molar-refractivity contribution is 0.643. The van der Waals surface area contributed by atoms with Gasteiger partial charge in [-0.1, -0.05) is 41.6 Å². The van der Waals surface area contributed by atoms with Crippen molar-refractivity contribution >= 4 is 44.9 Å². The third-order valence-electron chi connectivity index (χ3n) is 5.00. The first-order chi connectivity index (χ1) is 14.2. The van der Waals surface area contributed by atoms with Crippen LogP contribution in [-0.2, 0) is 12.3 Å². The first-order valence-electron chi connectivity index (χ1n) is 9.47. The van der Waals surface area contributed by atoms with Crippen molar-refractivity contribution in [1.82, 2.24) is 24.7 Å². The number of benzene rings is 1. The minimum Gasteiger partial charge on any atom is -0.309 e. The number of nitrogens with zero attached hydrogens (tertiary/aromatic N) is 4. The van der Waals surface area contributed by atoms with Crippen LogP contribution in [0.5, 0.6) is 0 Å². The van der Waals surface area contributed by atoms with Crippen molar-refractivity contribution in [2.45, 2.75) is 43.1 Å². The third kappa shape index (κ3) is 3.49. The van der Waals surface area contributed by atoms with Crippen LogP contribution in [-0.4, -0.2) is 24.7 Å². The maximum Gasteiger partial charge on any atom is 0.260 e. The molecule has 4 aromatic rings. The zero-order valence-corrected chi connectivity index (χ0v) is 18.1. The van der Waals surface area contributed by atoms with Gasteiger partial charge >= 0.3 is 0 Å². The van der Waals surface area contributed by atoms with E-state index in [2.05, 4.69) is 31.7 Å². The van der Waals surface area contributed by atoms with Gasteiger partial charge in [-0.05, 0) is 25.8 Å². The van der Waals surface area contributed by atoms with Crippen molar-refractivity contribution < 1.29 is 0 Å². The molecule has 3 heterocycles. The third-order valence-corrected chi connectivity index (χ3v) is 7.18. The van der Waals surface area contributed by atoms with Crippen molar-refractivity contribution in [3.63, 3.8) is 0 Å². The Morgan fingerprint density at radius 1 is 1.28 bits per heavy atom. The summed E-state index contributed by atoms with van der Waals surface area (Å²) in [4.78, 5) is 21.2. The average molecular weight is 444 g/mol. The predicted octanol–water partition coefficient (Wildman–Crippen LogP) is 5.09. The van der Waals surface area contributed by atoms with Crippen LogP contribution in [0.2, 0.25) is 5.02 Å².